The number of aryl methyl sites for hydroxylation is 2. The van der Waals surface area contributed by atoms with Crippen LogP contribution in [0.2, 0.25) is 0 Å². The number of nitrogens with zero attached hydrogens (tertiary/aromatic N) is 6. The monoisotopic (exact) mass is 484 g/mol. The predicted octanol–water partition coefficient (Wildman–Crippen LogP) is 3.28. The van der Waals surface area contributed by atoms with Crippen molar-refractivity contribution in [1.82, 2.24) is 24.6 Å². The van der Waals surface area contributed by atoms with Gasteiger partial charge in [-0.2, -0.15) is 10.1 Å². The lowest BCUT2D eigenvalue weighted by Crippen LogP contribution is -2.31. The largest absolute Gasteiger partial charge is 0.497 e. The molecule has 0 aliphatic carbocycles. The molecule has 0 N–H and O–H groups in total. The quantitative estimate of drug-likeness (QED) is 0.386. The second kappa shape index (κ2) is 9.57. The molecule has 182 valence electrons. The van der Waals surface area contributed by atoms with E-state index >= 15 is 0 Å². The van der Waals surface area contributed by atoms with Crippen molar-refractivity contribution >= 4 is 23.4 Å². The van der Waals surface area contributed by atoms with E-state index in [1.165, 1.54) is 9.52 Å². The van der Waals surface area contributed by atoms with Crippen molar-refractivity contribution in [3.8, 4) is 5.75 Å². The molecule has 10 heteroatoms. The molecular formula is C26H24N6O4. The van der Waals surface area contributed by atoms with Crippen LogP contribution in [0.1, 0.15) is 45.6 Å². The minimum atomic E-state index is -0.807. The summed E-state index contributed by atoms with van der Waals surface area (Å²) in [5.41, 5.74) is 4.13. The number of benzene rings is 2. The Hall–Kier alpha value is -4.60. The van der Waals surface area contributed by atoms with Crippen molar-refractivity contribution in [1.29, 1.82) is 0 Å². The summed E-state index contributed by atoms with van der Waals surface area (Å²) >= 11 is 0. The lowest BCUT2D eigenvalue weighted by atomic mass is 9.98. The van der Waals surface area contributed by atoms with E-state index in [2.05, 4.69) is 20.2 Å². The van der Waals surface area contributed by atoms with Crippen LogP contribution >= 0.6 is 0 Å². The minimum Gasteiger partial charge on any atom is -0.497 e. The number of aromatic nitrogens is 4. The Morgan fingerprint density at radius 3 is 2.50 bits per heavy atom. The van der Waals surface area contributed by atoms with Crippen LogP contribution < -0.4 is 4.74 Å². The maximum atomic E-state index is 13.2. The number of carbonyl (C=O) groups is 2. The molecule has 5 rings (SSSR count). The molecule has 1 atom stereocenters. The summed E-state index contributed by atoms with van der Waals surface area (Å²) < 4.78 is 12.0. The second-order valence-electron chi connectivity index (χ2n) is 8.41. The van der Waals surface area contributed by atoms with E-state index in [0.717, 1.165) is 28.2 Å². The highest BCUT2D eigenvalue weighted by Crippen LogP contribution is 2.33. The number of ether oxygens (including phenoxy) is 2. The highest BCUT2D eigenvalue weighted by atomic mass is 16.5. The van der Waals surface area contributed by atoms with Crippen LogP contribution in [0.5, 0.6) is 5.75 Å². The Morgan fingerprint density at radius 1 is 1.03 bits per heavy atom. The molecule has 0 saturated heterocycles. The number of methoxy groups -OCH3 is 1. The molecule has 1 aliphatic rings. The van der Waals surface area contributed by atoms with Gasteiger partial charge >= 0.3 is 5.97 Å². The van der Waals surface area contributed by atoms with Gasteiger partial charge in [0.15, 0.2) is 6.61 Å². The van der Waals surface area contributed by atoms with Gasteiger partial charge in [-0.25, -0.2) is 19.3 Å². The third kappa shape index (κ3) is 4.52. The van der Waals surface area contributed by atoms with Crippen molar-refractivity contribution in [2.45, 2.75) is 26.3 Å². The maximum Gasteiger partial charge on any atom is 0.378 e. The average Bonchev–Trinajstić information content (AvgIpc) is 3.53. The number of hydrazone groups is 1. The summed E-state index contributed by atoms with van der Waals surface area (Å²) in [6, 6.07) is 18.6. The van der Waals surface area contributed by atoms with E-state index in [-0.39, 0.29) is 11.9 Å². The number of carbonyl (C=O) groups excluding carboxylic acids is 2. The van der Waals surface area contributed by atoms with Crippen LogP contribution in [0.4, 0.5) is 0 Å². The van der Waals surface area contributed by atoms with Crippen LogP contribution in [0.25, 0.3) is 5.78 Å². The Kier molecular flexibility index (Phi) is 6.16. The minimum absolute atomic E-state index is 0.161. The van der Waals surface area contributed by atoms with E-state index in [4.69, 9.17) is 9.47 Å². The summed E-state index contributed by atoms with van der Waals surface area (Å²) in [6.07, 6.45) is 0.522. The number of hydrogen-bond acceptors (Lipinski definition) is 8. The third-order valence-electron chi connectivity index (χ3n) is 5.90. The van der Waals surface area contributed by atoms with E-state index in [9.17, 15) is 9.59 Å². The van der Waals surface area contributed by atoms with E-state index in [1.807, 2.05) is 74.5 Å². The fourth-order valence-corrected chi connectivity index (χ4v) is 4.14. The van der Waals surface area contributed by atoms with Crippen LogP contribution in [-0.4, -0.2) is 55.9 Å². The molecule has 2 aromatic heterocycles. The molecule has 0 radical (unpaired) electrons. The van der Waals surface area contributed by atoms with Gasteiger partial charge in [-0.1, -0.05) is 42.5 Å². The molecule has 3 heterocycles. The molecule has 1 aliphatic heterocycles. The van der Waals surface area contributed by atoms with Gasteiger partial charge in [-0.15, -0.1) is 5.10 Å². The summed E-state index contributed by atoms with van der Waals surface area (Å²) in [4.78, 5) is 34.2. The van der Waals surface area contributed by atoms with Crippen molar-refractivity contribution in [2.24, 2.45) is 5.10 Å². The number of esters is 1. The molecule has 0 bridgehead atoms. The lowest BCUT2D eigenvalue weighted by molar-refractivity contribution is -0.136. The first kappa shape index (κ1) is 23.2. The molecule has 0 unspecified atom stereocenters. The zero-order chi connectivity index (χ0) is 25.2. The van der Waals surface area contributed by atoms with E-state index in [0.29, 0.717) is 17.9 Å². The van der Waals surface area contributed by atoms with E-state index in [1.54, 1.807) is 7.11 Å². The second-order valence-corrected chi connectivity index (χ2v) is 8.41. The first-order valence-electron chi connectivity index (χ1n) is 11.4. The van der Waals surface area contributed by atoms with Crippen LogP contribution in [0.3, 0.4) is 0 Å². The van der Waals surface area contributed by atoms with Gasteiger partial charge in [0.25, 0.3) is 17.5 Å². The standard InChI is InChI=1S/C26H24N6O4/c1-16-13-17(2)31-26(27-16)28-24(30-31)25(34)36-15-23(33)32-22(19-9-11-20(35-3)12-10-19)14-21(29-32)18-7-5-4-6-8-18/h4-13,22H,14-15H2,1-3H3/t22-/m1/s1. The Balaban J connectivity index is 1.35. The number of hydrogen-bond donors (Lipinski definition) is 0. The molecule has 4 aromatic rings. The zero-order valence-electron chi connectivity index (χ0n) is 20.1. The smallest absolute Gasteiger partial charge is 0.378 e. The molecule has 1 amide bonds. The van der Waals surface area contributed by atoms with Gasteiger partial charge < -0.3 is 9.47 Å². The normalized spacial score (nSPS) is 15.1. The van der Waals surface area contributed by atoms with Crippen LogP contribution in [-0.2, 0) is 9.53 Å². The van der Waals surface area contributed by atoms with Crippen LogP contribution in [0.15, 0.2) is 65.8 Å². The molecule has 10 nitrogen and oxygen atoms in total. The van der Waals surface area contributed by atoms with E-state index < -0.39 is 18.5 Å². The first-order valence-corrected chi connectivity index (χ1v) is 11.4. The van der Waals surface area contributed by atoms with Gasteiger partial charge in [-0.05, 0) is 43.2 Å². The number of rotatable bonds is 6. The number of fused-ring (bicyclic) bond motifs is 1. The van der Waals surface area contributed by atoms with Gasteiger partial charge in [0, 0.05) is 17.8 Å². The molecule has 0 saturated carbocycles. The molecule has 0 fully saturated rings. The fourth-order valence-electron chi connectivity index (χ4n) is 4.14. The average molecular weight is 485 g/mol. The summed E-state index contributed by atoms with van der Waals surface area (Å²) in [5.74, 6) is -0.414. The summed E-state index contributed by atoms with van der Waals surface area (Å²) in [7, 11) is 1.60. The summed E-state index contributed by atoms with van der Waals surface area (Å²) in [5, 5.41) is 10.1. The van der Waals surface area contributed by atoms with Gasteiger partial charge in [0.1, 0.15) is 5.75 Å². The van der Waals surface area contributed by atoms with Crippen molar-refractivity contribution in [2.75, 3.05) is 13.7 Å². The topological polar surface area (TPSA) is 111 Å². The Bertz CT molecular complexity index is 1460. The Labute approximate surface area is 207 Å². The van der Waals surface area contributed by atoms with Crippen molar-refractivity contribution in [3.63, 3.8) is 0 Å². The highest BCUT2D eigenvalue weighted by Gasteiger charge is 2.34. The SMILES string of the molecule is COc1ccc([C@H]2CC(c3ccccc3)=NN2C(=O)COC(=O)c2nc3nc(C)cc(C)n3n2)cc1. The van der Waals surface area contributed by atoms with Gasteiger partial charge in [0.05, 0.1) is 18.9 Å². The first-order chi connectivity index (χ1) is 17.4. The van der Waals surface area contributed by atoms with Crippen molar-refractivity contribution < 1.29 is 19.1 Å². The molecule has 0 spiro atoms. The molecular weight excluding hydrogens is 460 g/mol. The Morgan fingerprint density at radius 2 is 1.78 bits per heavy atom. The van der Waals surface area contributed by atoms with Crippen LogP contribution in [0, 0.1) is 13.8 Å². The van der Waals surface area contributed by atoms with Gasteiger partial charge in [0.2, 0.25) is 0 Å². The van der Waals surface area contributed by atoms with Gasteiger partial charge in [-0.3, -0.25) is 4.79 Å². The predicted molar refractivity (Wildman–Crippen MR) is 131 cm³/mol. The fraction of sp³-hybridized carbons (Fsp3) is 0.231. The highest BCUT2D eigenvalue weighted by molar-refractivity contribution is 6.03. The maximum absolute atomic E-state index is 13.2. The molecule has 2 aromatic carbocycles. The number of amides is 1. The zero-order valence-corrected chi connectivity index (χ0v) is 20.1. The van der Waals surface area contributed by atoms with Crippen molar-refractivity contribution in [3.05, 3.63) is 89.0 Å². The summed E-state index contributed by atoms with van der Waals surface area (Å²) in [6.45, 7) is 3.17. The lowest BCUT2D eigenvalue weighted by Gasteiger charge is -2.22. The molecule has 36 heavy (non-hydrogen) atoms. The third-order valence-corrected chi connectivity index (χ3v) is 5.90.